The van der Waals surface area contributed by atoms with E-state index in [9.17, 15) is 0 Å². The van der Waals surface area contributed by atoms with E-state index in [1.54, 1.807) is 14.2 Å². The van der Waals surface area contributed by atoms with E-state index in [2.05, 4.69) is 39.9 Å². The first-order valence-electron chi connectivity index (χ1n) is 10.0. The number of methoxy groups -OCH3 is 1. The molecule has 0 fully saturated rings. The van der Waals surface area contributed by atoms with Crippen LogP contribution in [-0.4, -0.2) is 20.1 Å². The molecule has 0 radical (unpaired) electrons. The molecule has 164 valence electrons. The van der Waals surface area contributed by atoms with E-state index in [1.807, 2.05) is 54.6 Å². The van der Waals surface area contributed by atoms with E-state index in [0.717, 1.165) is 17.3 Å². The van der Waals surface area contributed by atoms with Crippen LogP contribution in [0.4, 0.5) is 0 Å². The largest absolute Gasteiger partial charge is 0.497 e. The number of ether oxygens (including phenoxy) is 2. The van der Waals surface area contributed by atoms with Crippen molar-refractivity contribution in [3.8, 4) is 5.75 Å². The molecule has 0 spiro atoms. The fourth-order valence-corrected chi connectivity index (χ4v) is 3.05. The molecule has 3 rings (SSSR count). The van der Waals surface area contributed by atoms with Gasteiger partial charge in [0, 0.05) is 20.1 Å². The third kappa shape index (κ3) is 8.22. The Morgan fingerprint density at radius 3 is 2.06 bits per heavy atom. The summed E-state index contributed by atoms with van der Waals surface area (Å²) in [5, 5.41) is 6.73. The SMILES string of the molecule is CN=C(NCc1ccc(OC)cc1)NCc1ccccc1COCc1ccccc1.I. The second-order valence-corrected chi connectivity index (χ2v) is 6.87. The summed E-state index contributed by atoms with van der Waals surface area (Å²) in [6, 6.07) is 26.5. The number of hydrogen-bond donors (Lipinski definition) is 2. The summed E-state index contributed by atoms with van der Waals surface area (Å²) in [6.45, 7) is 2.54. The molecule has 3 aromatic carbocycles. The lowest BCUT2D eigenvalue weighted by Gasteiger charge is -2.15. The molecule has 0 atom stereocenters. The Morgan fingerprint density at radius 2 is 1.39 bits per heavy atom. The molecule has 0 aromatic heterocycles. The summed E-state index contributed by atoms with van der Waals surface area (Å²) in [4.78, 5) is 4.32. The van der Waals surface area contributed by atoms with Crippen molar-refractivity contribution in [2.75, 3.05) is 14.2 Å². The molecule has 0 aliphatic rings. The van der Waals surface area contributed by atoms with Crippen LogP contribution in [0.2, 0.25) is 0 Å². The highest BCUT2D eigenvalue weighted by Crippen LogP contribution is 2.12. The van der Waals surface area contributed by atoms with Crippen molar-refractivity contribution in [1.29, 1.82) is 0 Å². The summed E-state index contributed by atoms with van der Waals surface area (Å²) in [5.41, 5.74) is 4.70. The average molecular weight is 531 g/mol. The molecule has 5 nitrogen and oxygen atoms in total. The predicted octanol–water partition coefficient (Wildman–Crippen LogP) is 4.90. The minimum atomic E-state index is 0. The third-order valence-electron chi connectivity index (χ3n) is 4.78. The topological polar surface area (TPSA) is 54.9 Å². The average Bonchev–Trinajstić information content (AvgIpc) is 2.81. The fraction of sp³-hybridized carbons (Fsp3) is 0.240. The van der Waals surface area contributed by atoms with E-state index < -0.39 is 0 Å². The van der Waals surface area contributed by atoms with Crippen molar-refractivity contribution in [2.45, 2.75) is 26.3 Å². The molecule has 31 heavy (non-hydrogen) atoms. The lowest BCUT2D eigenvalue weighted by molar-refractivity contribution is 0.106. The first-order chi connectivity index (χ1) is 14.8. The van der Waals surface area contributed by atoms with Gasteiger partial charge in [0.2, 0.25) is 0 Å². The summed E-state index contributed by atoms with van der Waals surface area (Å²) < 4.78 is 11.1. The Bertz CT molecular complexity index is 931. The highest BCUT2D eigenvalue weighted by atomic mass is 127. The van der Waals surface area contributed by atoms with Crippen LogP contribution in [0.5, 0.6) is 5.75 Å². The quantitative estimate of drug-likeness (QED) is 0.235. The van der Waals surface area contributed by atoms with Gasteiger partial charge in [0.15, 0.2) is 5.96 Å². The maximum absolute atomic E-state index is 5.92. The zero-order chi connectivity index (χ0) is 21.0. The molecule has 0 aliphatic carbocycles. The van der Waals surface area contributed by atoms with E-state index in [-0.39, 0.29) is 24.0 Å². The van der Waals surface area contributed by atoms with Gasteiger partial charge in [-0.05, 0) is 34.4 Å². The van der Waals surface area contributed by atoms with Gasteiger partial charge < -0.3 is 20.1 Å². The van der Waals surface area contributed by atoms with Crippen molar-refractivity contribution in [3.05, 3.63) is 101 Å². The van der Waals surface area contributed by atoms with Crippen molar-refractivity contribution in [3.63, 3.8) is 0 Å². The van der Waals surface area contributed by atoms with Crippen LogP contribution in [0.25, 0.3) is 0 Å². The Kier molecular flexibility index (Phi) is 10.9. The molecule has 0 unspecified atom stereocenters. The number of benzene rings is 3. The highest BCUT2D eigenvalue weighted by Gasteiger charge is 2.05. The molecule has 0 saturated heterocycles. The van der Waals surface area contributed by atoms with Crippen LogP contribution in [0.3, 0.4) is 0 Å². The van der Waals surface area contributed by atoms with Gasteiger partial charge in [0.1, 0.15) is 5.75 Å². The molecule has 0 bridgehead atoms. The van der Waals surface area contributed by atoms with E-state index >= 15 is 0 Å². The second kappa shape index (κ2) is 13.7. The van der Waals surface area contributed by atoms with E-state index in [4.69, 9.17) is 9.47 Å². The molecular weight excluding hydrogens is 501 g/mol. The fourth-order valence-electron chi connectivity index (χ4n) is 3.05. The molecule has 0 amide bonds. The molecular formula is C25H30IN3O2. The van der Waals surface area contributed by atoms with Gasteiger partial charge in [-0.15, -0.1) is 24.0 Å². The Labute approximate surface area is 201 Å². The van der Waals surface area contributed by atoms with E-state index in [1.165, 1.54) is 16.7 Å². The number of aliphatic imine (C=N–C) groups is 1. The number of hydrogen-bond acceptors (Lipinski definition) is 3. The van der Waals surface area contributed by atoms with Crippen molar-refractivity contribution >= 4 is 29.9 Å². The Hall–Kier alpha value is -2.58. The summed E-state index contributed by atoms with van der Waals surface area (Å²) in [7, 11) is 3.45. The maximum Gasteiger partial charge on any atom is 0.191 e. The smallest absolute Gasteiger partial charge is 0.191 e. The minimum absolute atomic E-state index is 0. The van der Waals surface area contributed by atoms with Crippen molar-refractivity contribution in [1.82, 2.24) is 10.6 Å². The van der Waals surface area contributed by atoms with Crippen LogP contribution < -0.4 is 15.4 Å². The first-order valence-corrected chi connectivity index (χ1v) is 10.0. The van der Waals surface area contributed by atoms with Gasteiger partial charge in [-0.1, -0.05) is 66.7 Å². The summed E-state index contributed by atoms with van der Waals surface area (Å²) >= 11 is 0. The molecule has 2 N–H and O–H groups in total. The number of rotatable bonds is 9. The standard InChI is InChI=1S/C25H29N3O2.HI/c1-26-25(27-16-20-12-14-24(29-2)15-13-20)28-17-22-10-6-7-11-23(22)19-30-18-21-8-4-3-5-9-21;/h3-15H,16-19H2,1-2H3,(H2,26,27,28);1H. The minimum Gasteiger partial charge on any atom is -0.497 e. The lowest BCUT2D eigenvalue weighted by Crippen LogP contribution is -2.36. The predicted molar refractivity (Wildman–Crippen MR) is 137 cm³/mol. The zero-order valence-corrected chi connectivity index (χ0v) is 20.3. The van der Waals surface area contributed by atoms with Gasteiger partial charge >= 0.3 is 0 Å². The van der Waals surface area contributed by atoms with Crippen molar-refractivity contribution in [2.24, 2.45) is 4.99 Å². The monoisotopic (exact) mass is 531 g/mol. The van der Waals surface area contributed by atoms with Crippen LogP contribution in [-0.2, 0) is 31.0 Å². The normalized spacial score (nSPS) is 10.8. The number of nitrogens with zero attached hydrogens (tertiary/aromatic N) is 1. The van der Waals surface area contributed by atoms with Crippen LogP contribution in [0, 0.1) is 0 Å². The highest BCUT2D eigenvalue weighted by molar-refractivity contribution is 14.0. The lowest BCUT2D eigenvalue weighted by atomic mass is 10.1. The van der Waals surface area contributed by atoms with Gasteiger partial charge in [-0.2, -0.15) is 0 Å². The molecule has 0 heterocycles. The first kappa shape index (κ1) is 24.7. The molecule has 0 saturated carbocycles. The number of guanidine groups is 1. The number of nitrogens with one attached hydrogen (secondary N) is 2. The van der Waals surface area contributed by atoms with Gasteiger partial charge in [-0.25, -0.2) is 0 Å². The van der Waals surface area contributed by atoms with Gasteiger partial charge in [0.25, 0.3) is 0 Å². The molecule has 6 heteroatoms. The van der Waals surface area contributed by atoms with E-state index in [0.29, 0.717) is 26.3 Å². The van der Waals surface area contributed by atoms with Crippen molar-refractivity contribution < 1.29 is 9.47 Å². The zero-order valence-electron chi connectivity index (χ0n) is 18.0. The van der Waals surface area contributed by atoms with Crippen LogP contribution in [0.15, 0.2) is 83.9 Å². The molecule has 0 aliphatic heterocycles. The van der Waals surface area contributed by atoms with Gasteiger partial charge in [-0.3, -0.25) is 4.99 Å². The van der Waals surface area contributed by atoms with Gasteiger partial charge in [0.05, 0.1) is 20.3 Å². The second-order valence-electron chi connectivity index (χ2n) is 6.87. The number of halogens is 1. The Morgan fingerprint density at radius 1 is 0.742 bits per heavy atom. The van der Waals surface area contributed by atoms with Crippen LogP contribution >= 0.6 is 24.0 Å². The Balaban J connectivity index is 0.00000341. The summed E-state index contributed by atoms with van der Waals surface area (Å²) in [6.07, 6.45) is 0. The third-order valence-corrected chi connectivity index (χ3v) is 4.78. The van der Waals surface area contributed by atoms with Crippen LogP contribution in [0.1, 0.15) is 22.3 Å². The molecule has 3 aromatic rings. The summed E-state index contributed by atoms with van der Waals surface area (Å²) in [5.74, 6) is 1.61. The maximum atomic E-state index is 5.92.